The number of benzene rings is 3. The normalized spacial score (nSPS) is 10.8. The summed E-state index contributed by atoms with van der Waals surface area (Å²) in [5, 5.41) is 8.19. The van der Waals surface area contributed by atoms with E-state index in [1.807, 2.05) is 18.2 Å². The van der Waals surface area contributed by atoms with Crippen molar-refractivity contribution in [3.63, 3.8) is 0 Å². The number of hydrazone groups is 1. The lowest BCUT2D eigenvalue weighted by Gasteiger charge is -2.11. The van der Waals surface area contributed by atoms with Crippen LogP contribution in [0.2, 0.25) is 15.1 Å². The standard InChI is InChI=1S/C24H20Cl3N3O3/c25-18-8-9-22(33-15-16-6-7-19(26)13-21(16)27)17(12-18)14-28-30-24(32)11-10-23(31)29-20-4-2-1-3-5-20/h1-9,12-14H,10-11,15H2,(H,29,31)(H,30,32). The summed E-state index contributed by atoms with van der Waals surface area (Å²) < 4.78 is 5.85. The lowest BCUT2D eigenvalue weighted by Crippen LogP contribution is -2.20. The molecule has 0 saturated heterocycles. The van der Waals surface area contributed by atoms with E-state index in [-0.39, 0.29) is 25.4 Å². The molecule has 0 fully saturated rings. The van der Waals surface area contributed by atoms with Crippen LogP contribution < -0.4 is 15.5 Å². The molecule has 0 saturated carbocycles. The summed E-state index contributed by atoms with van der Waals surface area (Å²) >= 11 is 18.2. The van der Waals surface area contributed by atoms with Crippen LogP contribution in [-0.4, -0.2) is 18.0 Å². The summed E-state index contributed by atoms with van der Waals surface area (Å²) in [4.78, 5) is 24.0. The fourth-order valence-electron chi connectivity index (χ4n) is 2.75. The van der Waals surface area contributed by atoms with E-state index in [0.29, 0.717) is 32.1 Å². The van der Waals surface area contributed by atoms with Gasteiger partial charge in [0.15, 0.2) is 0 Å². The Kier molecular flexibility index (Phi) is 9.13. The van der Waals surface area contributed by atoms with Gasteiger partial charge in [-0.1, -0.05) is 59.1 Å². The van der Waals surface area contributed by atoms with Gasteiger partial charge in [-0.05, 0) is 42.5 Å². The fraction of sp³-hybridized carbons (Fsp3) is 0.125. The van der Waals surface area contributed by atoms with Gasteiger partial charge in [0.05, 0.1) is 6.21 Å². The Morgan fingerprint density at radius 3 is 2.33 bits per heavy atom. The third-order valence-corrected chi connectivity index (χ3v) is 5.22. The van der Waals surface area contributed by atoms with Crippen LogP contribution in [0.3, 0.4) is 0 Å². The van der Waals surface area contributed by atoms with E-state index in [9.17, 15) is 9.59 Å². The molecule has 6 nitrogen and oxygen atoms in total. The largest absolute Gasteiger partial charge is 0.488 e. The van der Waals surface area contributed by atoms with Crippen molar-refractivity contribution in [3.05, 3.63) is 92.9 Å². The third-order valence-electron chi connectivity index (χ3n) is 4.40. The van der Waals surface area contributed by atoms with E-state index in [1.54, 1.807) is 48.5 Å². The minimum atomic E-state index is -0.396. The van der Waals surface area contributed by atoms with E-state index in [1.165, 1.54) is 6.21 Å². The van der Waals surface area contributed by atoms with Crippen LogP contribution in [0.25, 0.3) is 0 Å². The van der Waals surface area contributed by atoms with Gasteiger partial charge >= 0.3 is 0 Å². The van der Waals surface area contributed by atoms with Crippen molar-refractivity contribution in [1.82, 2.24) is 5.43 Å². The summed E-state index contributed by atoms with van der Waals surface area (Å²) in [5.41, 5.74) is 4.41. The number of nitrogens with zero attached hydrogens (tertiary/aromatic N) is 1. The molecule has 0 aliphatic heterocycles. The van der Waals surface area contributed by atoms with Gasteiger partial charge in [0, 0.05) is 44.7 Å². The van der Waals surface area contributed by atoms with Crippen LogP contribution in [0.5, 0.6) is 5.75 Å². The molecule has 0 atom stereocenters. The number of ether oxygens (including phenoxy) is 1. The third kappa shape index (κ3) is 8.09. The summed E-state index contributed by atoms with van der Waals surface area (Å²) in [5.74, 6) is -0.149. The number of hydrogen-bond donors (Lipinski definition) is 2. The summed E-state index contributed by atoms with van der Waals surface area (Å²) in [6.07, 6.45) is 1.44. The number of carbonyl (C=O) groups excluding carboxylic acids is 2. The number of nitrogens with one attached hydrogen (secondary N) is 2. The highest BCUT2D eigenvalue weighted by molar-refractivity contribution is 6.35. The van der Waals surface area contributed by atoms with Crippen molar-refractivity contribution in [2.45, 2.75) is 19.4 Å². The van der Waals surface area contributed by atoms with E-state index in [4.69, 9.17) is 39.5 Å². The van der Waals surface area contributed by atoms with Crippen LogP contribution in [0.4, 0.5) is 5.69 Å². The van der Waals surface area contributed by atoms with Crippen molar-refractivity contribution in [2.24, 2.45) is 5.10 Å². The first-order valence-corrected chi connectivity index (χ1v) is 11.1. The molecule has 3 rings (SSSR count). The molecule has 2 N–H and O–H groups in total. The molecule has 0 aromatic heterocycles. The van der Waals surface area contributed by atoms with E-state index < -0.39 is 5.91 Å². The first-order valence-electron chi connectivity index (χ1n) is 9.94. The molecule has 0 radical (unpaired) electrons. The topological polar surface area (TPSA) is 79.8 Å². The number of rotatable bonds is 9. The van der Waals surface area contributed by atoms with Crippen LogP contribution in [0, 0.1) is 0 Å². The lowest BCUT2D eigenvalue weighted by atomic mass is 10.2. The smallest absolute Gasteiger partial charge is 0.240 e. The van der Waals surface area contributed by atoms with Crippen LogP contribution >= 0.6 is 34.8 Å². The summed E-state index contributed by atoms with van der Waals surface area (Å²) in [6, 6.07) is 19.2. The second-order valence-corrected chi connectivity index (χ2v) is 8.19. The van der Waals surface area contributed by atoms with Gasteiger partial charge in [0.2, 0.25) is 11.8 Å². The van der Waals surface area contributed by atoms with Crippen LogP contribution in [0.1, 0.15) is 24.0 Å². The zero-order chi connectivity index (χ0) is 23.6. The molecular formula is C24H20Cl3N3O3. The quantitative estimate of drug-likeness (QED) is 0.273. The Hall–Kier alpha value is -3.06. The number of amides is 2. The molecule has 0 spiro atoms. The molecule has 0 heterocycles. The van der Waals surface area contributed by atoms with Crippen molar-refractivity contribution in [3.8, 4) is 5.75 Å². The van der Waals surface area contributed by atoms with Crippen molar-refractivity contribution >= 4 is 58.5 Å². The zero-order valence-corrected chi connectivity index (χ0v) is 19.6. The molecule has 3 aromatic carbocycles. The first-order chi connectivity index (χ1) is 15.9. The molecule has 33 heavy (non-hydrogen) atoms. The van der Waals surface area contributed by atoms with Gasteiger partial charge in [-0.25, -0.2) is 5.43 Å². The number of hydrogen-bond acceptors (Lipinski definition) is 4. The summed E-state index contributed by atoms with van der Waals surface area (Å²) in [6.45, 7) is 0.210. The highest BCUT2D eigenvalue weighted by atomic mass is 35.5. The number of para-hydroxylation sites is 1. The Morgan fingerprint density at radius 2 is 1.58 bits per heavy atom. The average molecular weight is 505 g/mol. The van der Waals surface area contributed by atoms with E-state index in [0.717, 1.165) is 5.56 Å². The van der Waals surface area contributed by atoms with Crippen LogP contribution in [0.15, 0.2) is 71.8 Å². The molecule has 170 valence electrons. The van der Waals surface area contributed by atoms with Gasteiger partial charge in [-0.15, -0.1) is 0 Å². The Labute approximate surface area is 206 Å². The second-order valence-electron chi connectivity index (χ2n) is 6.91. The maximum absolute atomic E-state index is 12.0. The lowest BCUT2D eigenvalue weighted by molar-refractivity contribution is -0.124. The van der Waals surface area contributed by atoms with Gasteiger partial charge < -0.3 is 10.1 Å². The molecule has 0 aliphatic rings. The SMILES string of the molecule is O=C(CCC(=O)Nc1ccccc1)NN=Cc1cc(Cl)ccc1OCc1ccc(Cl)cc1Cl. The zero-order valence-electron chi connectivity index (χ0n) is 17.4. The van der Waals surface area contributed by atoms with Gasteiger partial charge in [0.1, 0.15) is 12.4 Å². The minimum absolute atomic E-state index is 0.00994. The van der Waals surface area contributed by atoms with Crippen molar-refractivity contribution in [2.75, 3.05) is 5.32 Å². The minimum Gasteiger partial charge on any atom is -0.488 e. The Morgan fingerprint density at radius 1 is 0.879 bits per heavy atom. The van der Waals surface area contributed by atoms with Gasteiger partial charge in [0.25, 0.3) is 0 Å². The van der Waals surface area contributed by atoms with Gasteiger partial charge in [-0.2, -0.15) is 5.10 Å². The number of carbonyl (C=O) groups is 2. The Bertz CT molecular complexity index is 1150. The fourth-order valence-corrected chi connectivity index (χ4v) is 3.39. The molecular weight excluding hydrogens is 485 g/mol. The van der Waals surface area contributed by atoms with Crippen molar-refractivity contribution in [1.29, 1.82) is 0 Å². The Balaban J connectivity index is 1.52. The molecule has 0 bridgehead atoms. The highest BCUT2D eigenvalue weighted by Gasteiger charge is 2.08. The average Bonchev–Trinajstić information content (AvgIpc) is 2.79. The van der Waals surface area contributed by atoms with Gasteiger partial charge in [-0.3, -0.25) is 9.59 Å². The first kappa shape index (κ1) is 24.6. The highest BCUT2D eigenvalue weighted by Crippen LogP contribution is 2.25. The van der Waals surface area contributed by atoms with Crippen molar-refractivity contribution < 1.29 is 14.3 Å². The second kappa shape index (κ2) is 12.3. The molecule has 0 unspecified atom stereocenters. The molecule has 3 aromatic rings. The van der Waals surface area contributed by atoms with Crippen LogP contribution in [-0.2, 0) is 16.2 Å². The number of halogens is 3. The number of anilines is 1. The maximum atomic E-state index is 12.0. The summed E-state index contributed by atoms with van der Waals surface area (Å²) in [7, 11) is 0. The van der Waals surface area contributed by atoms with E-state index in [2.05, 4.69) is 15.8 Å². The predicted octanol–water partition coefficient (Wildman–Crippen LogP) is 6.09. The maximum Gasteiger partial charge on any atom is 0.240 e. The molecule has 2 amide bonds. The molecule has 0 aliphatic carbocycles. The predicted molar refractivity (Wildman–Crippen MR) is 132 cm³/mol. The van der Waals surface area contributed by atoms with E-state index >= 15 is 0 Å². The molecule has 9 heteroatoms. The monoisotopic (exact) mass is 503 g/mol.